The van der Waals surface area contributed by atoms with Gasteiger partial charge in [0.15, 0.2) is 0 Å². The van der Waals surface area contributed by atoms with Crippen molar-refractivity contribution in [2.45, 2.75) is 13.8 Å². The molecule has 0 bridgehead atoms. The molecule has 0 aliphatic heterocycles. The van der Waals surface area contributed by atoms with Crippen LogP contribution in [0.25, 0.3) is 0 Å². The number of carbonyl (C=O) groups excluding carboxylic acids is 2. The fourth-order valence-corrected chi connectivity index (χ4v) is 2.99. The van der Waals surface area contributed by atoms with Crippen LogP contribution in [0.3, 0.4) is 0 Å². The number of rotatable bonds is 8. The van der Waals surface area contributed by atoms with Crippen LogP contribution in [0.15, 0.2) is 42.5 Å². The number of amides is 2. The number of nitrogens with zero attached hydrogens (tertiary/aromatic N) is 1. The summed E-state index contributed by atoms with van der Waals surface area (Å²) in [6, 6.07) is 13.0. The van der Waals surface area contributed by atoms with Gasteiger partial charge in [0.2, 0.25) is 5.91 Å². The standard InChI is InChI=1S/C21H26N2O3S/c1-15-5-6-16(2)19(13-15)26-11-12-27-14-20(24)22-18-9-7-17(8-10-18)21(25)23(3)4/h5-10,13H,11-12,14H2,1-4H3,(H,22,24). The molecule has 0 saturated heterocycles. The maximum absolute atomic E-state index is 12.0. The number of anilines is 1. The van der Waals surface area contributed by atoms with E-state index in [1.54, 1.807) is 38.4 Å². The molecule has 0 saturated carbocycles. The number of thioether (sulfide) groups is 1. The van der Waals surface area contributed by atoms with E-state index in [1.165, 1.54) is 22.2 Å². The second-order valence-electron chi connectivity index (χ2n) is 6.50. The third-order valence-corrected chi connectivity index (χ3v) is 4.81. The van der Waals surface area contributed by atoms with Crippen LogP contribution in [0.5, 0.6) is 5.75 Å². The molecule has 0 aliphatic carbocycles. The molecule has 0 atom stereocenters. The van der Waals surface area contributed by atoms with Gasteiger partial charge in [-0.25, -0.2) is 0 Å². The van der Waals surface area contributed by atoms with E-state index >= 15 is 0 Å². The van der Waals surface area contributed by atoms with Crippen molar-refractivity contribution >= 4 is 29.3 Å². The molecule has 144 valence electrons. The molecule has 5 nitrogen and oxygen atoms in total. The predicted octanol–water partition coefficient (Wildman–Crippen LogP) is 3.76. The largest absolute Gasteiger partial charge is 0.492 e. The number of hydrogen-bond donors (Lipinski definition) is 1. The minimum Gasteiger partial charge on any atom is -0.492 e. The zero-order valence-corrected chi connectivity index (χ0v) is 17.1. The highest BCUT2D eigenvalue weighted by Crippen LogP contribution is 2.19. The zero-order chi connectivity index (χ0) is 19.8. The van der Waals surface area contributed by atoms with Crippen molar-refractivity contribution in [3.63, 3.8) is 0 Å². The van der Waals surface area contributed by atoms with Gasteiger partial charge >= 0.3 is 0 Å². The molecule has 2 amide bonds. The first-order chi connectivity index (χ1) is 12.9. The Balaban J connectivity index is 1.70. The molecule has 0 radical (unpaired) electrons. The third-order valence-electron chi connectivity index (χ3n) is 3.88. The molecule has 0 spiro atoms. The van der Waals surface area contributed by atoms with Gasteiger partial charge in [-0.1, -0.05) is 12.1 Å². The van der Waals surface area contributed by atoms with E-state index in [2.05, 4.69) is 11.4 Å². The first kappa shape index (κ1) is 20.8. The summed E-state index contributed by atoms with van der Waals surface area (Å²) in [5, 5.41) is 2.84. The minimum atomic E-state index is -0.0709. The molecule has 6 heteroatoms. The Kier molecular flexibility index (Phi) is 7.73. The van der Waals surface area contributed by atoms with Gasteiger partial charge in [-0.15, -0.1) is 11.8 Å². The summed E-state index contributed by atoms with van der Waals surface area (Å²) in [6.07, 6.45) is 0. The monoisotopic (exact) mass is 386 g/mol. The van der Waals surface area contributed by atoms with Crippen LogP contribution in [0.2, 0.25) is 0 Å². The predicted molar refractivity (Wildman–Crippen MR) is 112 cm³/mol. The fraction of sp³-hybridized carbons (Fsp3) is 0.333. The van der Waals surface area contributed by atoms with E-state index in [0.29, 0.717) is 23.6 Å². The highest BCUT2D eigenvalue weighted by molar-refractivity contribution is 7.99. The summed E-state index contributed by atoms with van der Waals surface area (Å²) in [6.45, 7) is 4.62. The second kappa shape index (κ2) is 10.0. The van der Waals surface area contributed by atoms with Gasteiger partial charge in [0, 0.05) is 31.1 Å². The topological polar surface area (TPSA) is 58.6 Å². The van der Waals surface area contributed by atoms with Crippen LogP contribution >= 0.6 is 11.8 Å². The van der Waals surface area contributed by atoms with Crippen molar-refractivity contribution in [2.24, 2.45) is 0 Å². The van der Waals surface area contributed by atoms with Crippen LogP contribution in [0, 0.1) is 13.8 Å². The molecule has 0 heterocycles. The second-order valence-corrected chi connectivity index (χ2v) is 7.60. The Labute approximate surface area is 165 Å². The van der Waals surface area contributed by atoms with Crippen molar-refractivity contribution in [1.82, 2.24) is 4.90 Å². The maximum Gasteiger partial charge on any atom is 0.253 e. The van der Waals surface area contributed by atoms with Crippen molar-refractivity contribution in [3.05, 3.63) is 59.2 Å². The lowest BCUT2D eigenvalue weighted by atomic mass is 10.1. The average Bonchev–Trinajstić information content (AvgIpc) is 2.64. The Morgan fingerprint density at radius 3 is 2.44 bits per heavy atom. The fourth-order valence-electron chi connectivity index (χ4n) is 2.39. The van der Waals surface area contributed by atoms with Crippen molar-refractivity contribution in [1.29, 1.82) is 0 Å². The van der Waals surface area contributed by atoms with Crippen LogP contribution in [-0.2, 0) is 4.79 Å². The first-order valence-corrected chi connectivity index (χ1v) is 9.91. The van der Waals surface area contributed by atoms with Gasteiger partial charge in [-0.05, 0) is 55.3 Å². The number of aryl methyl sites for hydroxylation is 2. The zero-order valence-electron chi connectivity index (χ0n) is 16.2. The molecule has 2 aromatic rings. The number of hydrogen-bond acceptors (Lipinski definition) is 4. The van der Waals surface area contributed by atoms with E-state index in [-0.39, 0.29) is 11.8 Å². The first-order valence-electron chi connectivity index (χ1n) is 8.76. The summed E-state index contributed by atoms with van der Waals surface area (Å²) in [5.74, 6) is 1.85. The normalized spacial score (nSPS) is 10.4. The van der Waals surface area contributed by atoms with E-state index < -0.39 is 0 Å². The molecular formula is C21H26N2O3S. The highest BCUT2D eigenvalue weighted by atomic mass is 32.2. The lowest BCUT2D eigenvalue weighted by Crippen LogP contribution is -2.21. The van der Waals surface area contributed by atoms with Gasteiger partial charge < -0.3 is 15.0 Å². The summed E-state index contributed by atoms with van der Waals surface area (Å²) in [4.78, 5) is 25.4. The Morgan fingerprint density at radius 2 is 1.78 bits per heavy atom. The summed E-state index contributed by atoms with van der Waals surface area (Å²) in [5.41, 5.74) is 3.55. The highest BCUT2D eigenvalue weighted by Gasteiger charge is 2.08. The number of benzene rings is 2. The number of ether oxygens (including phenoxy) is 1. The van der Waals surface area contributed by atoms with Crippen LogP contribution in [-0.4, -0.2) is 48.9 Å². The minimum absolute atomic E-state index is 0.0627. The molecule has 0 fully saturated rings. The quantitative estimate of drug-likeness (QED) is 0.702. The molecule has 1 N–H and O–H groups in total. The summed E-state index contributed by atoms with van der Waals surface area (Å²) >= 11 is 1.52. The Morgan fingerprint density at radius 1 is 1.07 bits per heavy atom. The molecule has 2 rings (SSSR count). The SMILES string of the molecule is Cc1ccc(C)c(OCCSCC(=O)Nc2ccc(C(=O)N(C)C)cc2)c1. The smallest absolute Gasteiger partial charge is 0.253 e. The number of nitrogens with one attached hydrogen (secondary N) is 1. The van der Waals surface area contributed by atoms with Crippen LogP contribution < -0.4 is 10.1 Å². The van der Waals surface area contributed by atoms with E-state index in [4.69, 9.17) is 4.74 Å². The lowest BCUT2D eigenvalue weighted by molar-refractivity contribution is -0.113. The molecule has 27 heavy (non-hydrogen) atoms. The van der Waals surface area contributed by atoms with E-state index in [1.807, 2.05) is 26.0 Å². The van der Waals surface area contributed by atoms with Gasteiger partial charge in [0.05, 0.1) is 12.4 Å². The van der Waals surface area contributed by atoms with E-state index in [0.717, 1.165) is 17.1 Å². The van der Waals surface area contributed by atoms with Crippen LogP contribution in [0.1, 0.15) is 21.5 Å². The van der Waals surface area contributed by atoms with E-state index in [9.17, 15) is 9.59 Å². The van der Waals surface area contributed by atoms with Crippen molar-refractivity contribution in [3.8, 4) is 5.75 Å². The van der Waals surface area contributed by atoms with Gasteiger partial charge in [-0.2, -0.15) is 0 Å². The number of carbonyl (C=O) groups is 2. The Bertz CT molecular complexity index is 789. The maximum atomic E-state index is 12.0. The summed E-state index contributed by atoms with van der Waals surface area (Å²) < 4.78 is 5.78. The van der Waals surface area contributed by atoms with Crippen molar-refractivity contribution < 1.29 is 14.3 Å². The van der Waals surface area contributed by atoms with Crippen molar-refractivity contribution in [2.75, 3.05) is 37.5 Å². The third kappa shape index (κ3) is 6.64. The van der Waals surface area contributed by atoms with Gasteiger partial charge in [0.1, 0.15) is 5.75 Å². The lowest BCUT2D eigenvalue weighted by Gasteiger charge is -2.11. The Hall–Kier alpha value is -2.47. The van der Waals surface area contributed by atoms with Gasteiger partial charge in [-0.3, -0.25) is 9.59 Å². The van der Waals surface area contributed by atoms with Gasteiger partial charge in [0.25, 0.3) is 5.91 Å². The van der Waals surface area contributed by atoms with Crippen LogP contribution in [0.4, 0.5) is 5.69 Å². The molecular weight excluding hydrogens is 360 g/mol. The molecule has 0 aliphatic rings. The average molecular weight is 387 g/mol. The molecule has 0 unspecified atom stereocenters. The summed E-state index contributed by atoms with van der Waals surface area (Å²) in [7, 11) is 3.42. The molecule has 2 aromatic carbocycles. The molecule has 0 aromatic heterocycles.